The van der Waals surface area contributed by atoms with Gasteiger partial charge in [0.1, 0.15) is 11.2 Å². The smallest absolute Gasteiger partial charge is 0.319 e. The zero-order valence-electron chi connectivity index (χ0n) is 9.63. The van der Waals surface area contributed by atoms with Gasteiger partial charge in [-0.3, -0.25) is 9.59 Å². The van der Waals surface area contributed by atoms with Crippen molar-refractivity contribution in [3.63, 3.8) is 0 Å². The van der Waals surface area contributed by atoms with Gasteiger partial charge in [0.15, 0.2) is 0 Å². The molecular formula is C12H18O3. The molecule has 3 nitrogen and oxygen atoms in total. The number of ether oxygens (including phenoxy) is 1. The molecule has 2 aliphatic carbocycles. The molecule has 0 aliphatic heterocycles. The fraction of sp³-hybridized carbons (Fsp3) is 0.833. The molecule has 0 aromatic heterocycles. The monoisotopic (exact) mass is 210 g/mol. The van der Waals surface area contributed by atoms with Gasteiger partial charge in [-0.2, -0.15) is 0 Å². The number of carbonyl (C=O) groups is 2. The molecule has 2 fully saturated rings. The molecule has 3 heteroatoms. The summed E-state index contributed by atoms with van der Waals surface area (Å²) in [5.41, 5.74) is -0.650. The maximum Gasteiger partial charge on any atom is 0.319 e. The van der Waals surface area contributed by atoms with Crippen LogP contribution in [0.4, 0.5) is 0 Å². The Morgan fingerprint density at radius 3 is 2.80 bits per heavy atom. The molecular weight excluding hydrogens is 192 g/mol. The number of esters is 1. The van der Waals surface area contributed by atoms with Crippen LogP contribution in [0.5, 0.6) is 0 Å². The third-order valence-corrected chi connectivity index (χ3v) is 4.58. The Kier molecular flexibility index (Phi) is 2.18. The van der Waals surface area contributed by atoms with Gasteiger partial charge in [-0.15, -0.1) is 0 Å². The molecule has 2 saturated carbocycles. The van der Waals surface area contributed by atoms with Crippen molar-refractivity contribution in [2.45, 2.75) is 39.5 Å². The summed E-state index contributed by atoms with van der Waals surface area (Å²) in [6.45, 7) is 4.33. The number of Topliss-reactive ketones (excluding diaryl/α,β-unsaturated/α-hetero) is 1. The van der Waals surface area contributed by atoms with Gasteiger partial charge in [0.25, 0.3) is 0 Å². The van der Waals surface area contributed by atoms with Crippen molar-refractivity contribution < 1.29 is 14.3 Å². The fourth-order valence-corrected chi connectivity index (χ4v) is 3.36. The highest BCUT2D eigenvalue weighted by atomic mass is 16.5. The lowest BCUT2D eigenvalue weighted by Crippen LogP contribution is -2.42. The van der Waals surface area contributed by atoms with E-state index in [1.54, 1.807) is 0 Å². The van der Waals surface area contributed by atoms with Crippen LogP contribution in [0.15, 0.2) is 0 Å². The lowest BCUT2D eigenvalue weighted by atomic mass is 9.68. The second kappa shape index (κ2) is 3.06. The second-order valence-electron chi connectivity index (χ2n) is 5.43. The third-order valence-electron chi connectivity index (χ3n) is 4.58. The lowest BCUT2D eigenvalue weighted by Gasteiger charge is -2.35. The van der Waals surface area contributed by atoms with E-state index in [2.05, 4.69) is 13.8 Å². The minimum atomic E-state index is -0.804. The van der Waals surface area contributed by atoms with E-state index >= 15 is 0 Å². The molecule has 2 rings (SSSR count). The summed E-state index contributed by atoms with van der Waals surface area (Å²) in [6.07, 6.45) is 2.82. The molecule has 3 atom stereocenters. The van der Waals surface area contributed by atoms with Crippen LogP contribution in [-0.4, -0.2) is 18.9 Å². The van der Waals surface area contributed by atoms with Gasteiger partial charge in [0.2, 0.25) is 0 Å². The molecule has 15 heavy (non-hydrogen) atoms. The Balaban J connectivity index is 2.39. The van der Waals surface area contributed by atoms with Crippen molar-refractivity contribution in [3.05, 3.63) is 0 Å². The Hall–Kier alpha value is -0.860. The highest BCUT2D eigenvalue weighted by Gasteiger charge is 2.61. The van der Waals surface area contributed by atoms with Crippen molar-refractivity contribution in [3.8, 4) is 0 Å². The summed E-state index contributed by atoms with van der Waals surface area (Å²) in [5, 5.41) is 0. The Bertz CT molecular complexity index is 313. The molecule has 0 N–H and O–H groups in total. The summed E-state index contributed by atoms with van der Waals surface area (Å²) >= 11 is 0. The average molecular weight is 210 g/mol. The van der Waals surface area contributed by atoms with E-state index in [4.69, 9.17) is 4.74 Å². The zero-order chi connectivity index (χ0) is 11.3. The quantitative estimate of drug-likeness (QED) is 0.490. The van der Waals surface area contributed by atoms with Crippen LogP contribution in [0, 0.1) is 16.7 Å². The summed E-state index contributed by atoms with van der Waals surface area (Å²) in [6, 6.07) is 0. The molecule has 0 aromatic carbocycles. The van der Waals surface area contributed by atoms with E-state index in [1.807, 2.05) is 0 Å². The summed E-state index contributed by atoms with van der Waals surface area (Å²) in [4.78, 5) is 23.8. The number of rotatable bonds is 1. The van der Waals surface area contributed by atoms with Gasteiger partial charge >= 0.3 is 5.97 Å². The van der Waals surface area contributed by atoms with Crippen molar-refractivity contribution in [1.82, 2.24) is 0 Å². The summed E-state index contributed by atoms with van der Waals surface area (Å²) in [7, 11) is 1.37. The van der Waals surface area contributed by atoms with Crippen LogP contribution in [0.2, 0.25) is 0 Å². The van der Waals surface area contributed by atoms with Gasteiger partial charge in [-0.25, -0.2) is 0 Å². The van der Waals surface area contributed by atoms with E-state index in [9.17, 15) is 9.59 Å². The SMILES string of the molecule is COC(=O)[C@@]12C[C@H](C)[C@@](C)(CCC1=O)C2. The first-order valence-corrected chi connectivity index (χ1v) is 5.56. The zero-order valence-corrected chi connectivity index (χ0v) is 9.63. The van der Waals surface area contributed by atoms with Crippen molar-refractivity contribution in [2.75, 3.05) is 7.11 Å². The number of carbonyl (C=O) groups excluding carboxylic acids is 2. The van der Waals surface area contributed by atoms with Crippen LogP contribution in [0.25, 0.3) is 0 Å². The van der Waals surface area contributed by atoms with Gasteiger partial charge in [0.05, 0.1) is 7.11 Å². The summed E-state index contributed by atoms with van der Waals surface area (Å²) < 4.78 is 4.81. The van der Waals surface area contributed by atoms with Gasteiger partial charge in [0, 0.05) is 6.42 Å². The number of methoxy groups -OCH3 is 1. The predicted octanol–water partition coefficient (Wildman–Crippen LogP) is 1.94. The van der Waals surface area contributed by atoms with Crippen LogP contribution in [-0.2, 0) is 14.3 Å². The summed E-state index contributed by atoms with van der Waals surface area (Å²) in [5.74, 6) is 0.210. The molecule has 0 radical (unpaired) electrons. The maximum atomic E-state index is 12.0. The van der Waals surface area contributed by atoms with Gasteiger partial charge in [-0.1, -0.05) is 13.8 Å². The van der Waals surface area contributed by atoms with Crippen LogP contribution in [0.1, 0.15) is 39.5 Å². The maximum absolute atomic E-state index is 12.0. The number of hydrogen-bond acceptors (Lipinski definition) is 3. The molecule has 84 valence electrons. The molecule has 0 aromatic rings. The van der Waals surface area contributed by atoms with Crippen LogP contribution in [0.3, 0.4) is 0 Å². The molecule has 0 unspecified atom stereocenters. The molecule has 0 saturated heterocycles. The molecule has 0 heterocycles. The lowest BCUT2D eigenvalue weighted by molar-refractivity contribution is -0.159. The Morgan fingerprint density at radius 1 is 1.53 bits per heavy atom. The van der Waals surface area contributed by atoms with E-state index in [0.29, 0.717) is 25.2 Å². The predicted molar refractivity (Wildman–Crippen MR) is 55.2 cm³/mol. The van der Waals surface area contributed by atoms with E-state index in [-0.39, 0.29) is 17.2 Å². The molecule has 2 aliphatic rings. The van der Waals surface area contributed by atoms with E-state index in [0.717, 1.165) is 6.42 Å². The Labute approximate surface area is 90.2 Å². The minimum Gasteiger partial charge on any atom is -0.468 e. The van der Waals surface area contributed by atoms with E-state index in [1.165, 1.54) is 7.11 Å². The van der Waals surface area contributed by atoms with Crippen LogP contribution < -0.4 is 0 Å². The number of ketones is 1. The van der Waals surface area contributed by atoms with Gasteiger partial charge < -0.3 is 4.74 Å². The molecule has 2 bridgehead atoms. The van der Waals surface area contributed by atoms with Crippen molar-refractivity contribution >= 4 is 11.8 Å². The standard InChI is InChI=1S/C12H18O3/c1-8-6-12(10(14)15-3)7-11(8,2)5-4-9(12)13/h8H,4-7H2,1-3H3/t8-,11-,12+/m0/s1. The van der Waals surface area contributed by atoms with Gasteiger partial charge in [-0.05, 0) is 30.6 Å². The normalized spacial score (nSPS) is 44.2. The number of hydrogen-bond donors (Lipinski definition) is 0. The third kappa shape index (κ3) is 1.25. The highest BCUT2D eigenvalue weighted by molar-refractivity contribution is 6.05. The van der Waals surface area contributed by atoms with Crippen molar-refractivity contribution in [1.29, 1.82) is 0 Å². The molecule has 0 amide bonds. The average Bonchev–Trinajstić information content (AvgIpc) is 2.44. The first-order valence-electron chi connectivity index (χ1n) is 5.56. The Morgan fingerprint density at radius 2 is 2.20 bits per heavy atom. The molecule has 0 spiro atoms. The van der Waals surface area contributed by atoms with Crippen molar-refractivity contribution in [2.24, 2.45) is 16.7 Å². The topological polar surface area (TPSA) is 43.4 Å². The minimum absolute atomic E-state index is 0.0937. The highest BCUT2D eigenvalue weighted by Crippen LogP contribution is 2.60. The number of fused-ring (bicyclic) bond motifs is 2. The first-order chi connectivity index (χ1) is 6.94. The fourth-order valence-electron chi connectivity index (χ4n) is 3.36. The first kappa shape index (κ1) is 10.7. The van der Waals surface area contributed by atoms with E-state index < -0.39 is 5.41 Å². The second-order valence-corrected chi connectivity index (χ2v) is 5.43. The van der Waals surface area contributed by atoms with Crippen LogP contribution >= 0.6 is 0 Å². The largest absolute Gasteiger partial charge is 0.468 e.